The third kappa shape index (κ3) is 4.09. The number of nitrogens with one attached hydrogen (secondary N) is 2. The summed E-state index contributed by atoms with van der Waals surface area (Å²) in [5.74, 6) is -0.569. The minimum atomic E-state index is -0.755. The van der Waals surface area contributed by atoms with E-state index < -0.39 is 16.8 Å². The number of hydrogen-bond acceptors (Lipinski definition) is 6. The Morgan fingerprint density at radius 3 is 2.67 bits per heavy atom. The molecule has 0 radical (unpaired) electrons. The first-order valence-electron chi connectivity index (χ1n) is 8.07. The van der Waals surface area contributed by atoms with Gasteiger partial charge in [-0.25, -0.2) is 9.78 Å². The second-order valence-corrected chi connectivity index (χ2v) is 5.72. The smallest absolute Gasteiger partial charge is 0.338 e. The molecule has 0 aliphatic heterocycles. The molecule has 138 valence electrons. The Balaban J connectivity index is 1.70. The summed E-state index contributed by atoms with van der Waals surface area (Å²) in [6, 6.07) is 11.0. The number of hydrogen-bond donors (Lipinski definition) is 2. The van der Waals surface area contributed by atoms with Crippen molar-refractivity contribution in [3.63, 3.8) is 0 Å². The molecule has 0 bridgehead atoms. The van der Waals surface area contributed by atoms with Gasteiger partial charge in [0, 0.05) is 30.7 Å². The quantitative estimate of drug-likeness (QED) is 0.390. The number of imidazole rings is 1. The molecule has 0 saturated heterocycles. The maximum atomic E-state index is 12.3. The van der Waals surface area contributed by atoms with Crippen LogP contribution < -0.4 is 5.32 Å². The van der Waals surface area contributed by atoms with Crippen LogP contribution in [0.5, 0.6) is 0 Å². The van der Waals surface area contributed by atoms with Gasteiger partial charge in [0.25, 0.3) is 11.6 Å². The molecule has 2 aromatic carbocycles. The fraction of sp³-hybridized carbons (Fsp3) is 0.167. The van der Waals surface area contributed by atoms with Crippen LogP contribution in [0.15, 0.2) is 42.5 Å². The summed E-state index contributed by atoms with van der Waals surface area (Å²) in [5.41, 5.74) is 1.32. The molecule has 2 N–H and O–H groups in total. The molecule has 1 heterocycles. The number of H-pyrrole nitrogens is 1. The number of para-hydroxylation sites is 2. The number of aromatic amines is 1. The van der Waals surface area contributed by atoms with Crippen molar-refractivity contribution < 1.29 is 19.2 Å². The molecule has 0 aliphatic carbocycles. The zero-order valence-corrected chi connectivity index (χ0v) is 14.4. The lowest BCUT2D eigenvalue weighted by atomic mass is 10.1. The Hall–Kier alpha value is -3.75. The van der Waals surface area contributed by atoms with Gasteiger partial charge >= 0.3 is 5.97 Å². The zero-order chi connectivity index (χ0) is 19.4. The molecule has 9 heteroatoms. The lowest BCUT2D eigenvalue weighted by Crippen LogP contribution is -2.26. The lowest BCUT2D eigenvalue weighted by Gasteiger charge is -2.06. The van der Waals surface area contributed by atoms with Gasteiger partial charge in [-0.3, -0.25) is 14.9 Å². The summed E-state index contributed by atoms with van der Waals surface area (Å²) >= 11 is 0. The number of ether oxygens (including phenoxy) is 1. The Morgan fingerprint density at radius 1 is 1.22 bits per heavy atom. The summed E-state index contributed by atoms with van der Waals surface area (Å²) in [7, 11) is 1.16. The van der Waals surface area contributed by atoms with Crippen LogP contribution in [-0.2, 0) is 11.2 Å². The Morgan fingerprint density at radius 2 is 1.96 bits per heavy atom. The average Bonchev–Trinajstić information content (AvgIpc) is 3.09. The van der Waals surface area contributed by atoms with Crippen molar-refractivity contribution in [2.75, 3.05) is 13.7 Å². The van der Waals surface area contributed by atoms with E-state index in [9.17, 15) is 19.7 Å². The Kier molecular flexibility index (Phi) is 5.11. The van der Waals surface area contributed by atoms with Crippen LogP contribution >= 0.6 is 0 Å². The number of rotatable bonds is 6. The predicted octanol–water partition coefficient (Wildman–Crippen LogP) is 2.23. The number of fused-ring (bicyclic) bond motifs is 1. The number of nitrogens with zero attached hydrogens (tertiary/aromatic N) is 2. The summed E-state index contributed by atoms with van der Waals surface area (Å²) in [4.78, 5) is 41.9. The van der Waals surface area contributed by atoms with Crippen molar-refractivity contribution >= 4 is 28.6 Å². The van der Waals surface area contributed by atoms with Crippen LogP contribution in [0.2, 0.25) is 0 Å². The first kappa shape index (κ1) is 18.1. The molecule has 9 nitrogen and oxygen atoms in total. The fourth-order valence-electron chi connectivity index (χ4n) is 2.60. The number of benzene rings is 2. The minimum absolute atomic E-state index is 0.00852. The van der Waals surface area contributed by atoms with Gasteiger partial charge in [-0.15, -0.1) is 0 Å². The van der Waals surface area contributed by atoms with E-state index in [4.69, 9.17) is 0 Å². The van der Waals surface area contributed by atoms with Gasteiger partial charge in [-0.1, -0.05) is 12.1 Å². The van der Waals surface area contributed by atoms with E-state index in [0.29, 0.717) is 12.2 Å². The molecule has 3 aromatic rings. The molecule has 1 aromatic heterocycles. The van der Waals surface area contributed by atoms with Crippen molar-refractivity contribution in [2.24, 2.45) is 0 Å². The number of esters is 1. The number of nitro benzene ring substituents is 1. The Labute approximate surface area is 153 Å². The molecule has 0 fully saturated rings. The molecule has 0 unspecified atom stereocenters. The van der Waals surface area contributed by atoms with Gasteiger partial charge in [0.15, 0.2) is 0 Å². The largest absolute Gasteiger partial charge is 0.465 e. The molecule has 3 rings (SSSR count). The van der Waals surface area contributed by atoms with Crippen molar-refractivity contribution in [3.8, 4) is 0 Å². The number of non-ortho nitro benzene ring substituents is 1. The molecule has 0 spiro atoms. The summed E-state index contributed by atoms with van der Waals surface area (Å²) in [5, 5.41) is 13.7. The van der Waals surface area contributed by atoms with Crippen molar-refractivity contribution in [2.45, 2.75) is 6.42 Å². The molecule has 0 aliphatic rings. The SMILES string of the molecule is COC(=O)c1cc(C(=O)NCCc2nc3ccccc3[nH]2)cc([N+](=O)[O-])c1. The van der Waals surface area contributed by atoms with Gasteiger partial charge in [-0.2, -0.15) is 0 Å². The fourth-order valence-corrected chi connectivity index (χ4v) is 2.60. The molecule has 27 heavy (non-hydrogen) atoms. The van der Waals surface area contributed by atoms with Crippen LogP contribution in [0, 0.1) is 10.1 Å². The monoisotopic (exact) mass is 368 g/mol. The second kappa shape index (κ2) is 7.65. The Bertz CT molecular complexity index is 995. The van der Waals surface area contributed by atoms with E-state index in [-0.39, 0.29) is 23.4 Å². The van der Waals surface area contributed by atoms with Gasteiger partial charge in [0.1, 0.15) is 5.82 Å². The lowest BCUT2D eigenvalue weighted by molar-refractivity contribution is -0.384. The standard InChI is InChI=1S/C18H16N4O5/c1-27-18(24)12-8-11(9-13(10-12)22(25)26)17(23)19-7-6-16-20-14-4-2-3-5-15(14)21-16/h2-5,8-10H,6-7H2,1H3,(H,19,23)(H,20,21). The highest BCUT2D eigenvalue weighted by Gasteiger charge is 2.18. The highest BCUT2D eigenvalue weighted by Crippen LogP contribution is 2.18. The number of aromatic nitrogens is 2. The summed E-state index contributed by atoms with van der Waals surface area (Å²) in [6.45, 7) is 0.273. The van der Waals surface area contributed by atoms with Crippen LogP contribution in [0.4, 0.5) is 5.69 Å². The second-order valence-electron chi connectivity index (χ2n) is 5.72. The van der Waals surface area contributed by atoms with E-state index in [0.717, 1.165) is 30.3 Å². The van der Waals surface area contributed by atoms with E-state index in [1.54, 1.807) is 0 Å². The van der Waals surface area contributed by atoms with Crippen molar-refractivity contribution in [1.29, 1.82) is 0 Å². The maximum absolute atomic E-state index is 12.3. The van der Waals surface area contributed by atoms with Crippen LogP contribution in [0.1, 0.15) is 26.5 Å². The average molecular weight is 368 g/mol. The van der Waals surface area contributed by atoms with Crippen LogP contribution in [0.25, 0.3) is 11.0 Å². The maximum Gasteiger partial charge on any atom is 0.338 e. The topological polar surface area (TPSA) is 127 Å². The third-order valence-corrected chi connectivity index (χ3v) is 3.90. The van der Waals surface area contributed by atoms with Gasteiger partial charge in [0.2, 0.25) is 0 Å². The number of nitro groups is 1. The van der Waals surface area contributed by atoms with Gasteiger partial charge in [-0.05, 0) is 18.2 Å². The van der Waals surface area contributed by atoms with Crippen molar-refractivity contribution in [1.82, 2.24) is 15.3 Å². The summed E-state index contributed by atoms with van der Waals surface area (Å²) in [6.07, 6.45) is 0.458. The molecular weight excluding hydrogens is 352 g/mol. The summed E-state index contributed by atoms with van der Waals surface area (Å²) < 4.78 is 4.57. The minimum Gasteiger partial charge on any atom is -0.465 e. The first-order chi connectivity index (χ1) is 13.0. The van der Waals surface area contributed by atoms with Gasteiger partial charge in [0.05, 0.1) is 28.6 Å². The number of carbonyl (C=O) groups is 2. The highest BCUT2D eigenvalue weighted by molar-refractivity contribution is 5.99. The predicted molar refractivity (Wildman–Crippen MR) is 96.6 cm³/mol. The van der Waals surface area contributed by atoms with Crippen LogP contribution in [0.3, 0.4) is 0 Å². The first-order valence-corrected chi connectivity index (χ1v) is 8.07. The number of methoxy groups -OCH3 is 1. The molecular formula is C18H16N4O5. The van der Waals surface area contributed by atoms with Gasteiger partial charge < -0.3 is 15.0 Å². The molecule has 0 saturated carbocycles. The highest BCUT2D eigenvalue weighted by atomic mass is 16.6. The number of amides is 1. The normalized spacial score (nSPS) is 10.6. The zero-order valence-electron chi connectivity index (χ0n) is 14.4. The van der Waals surface area contributed by atoms with Crippen LogP contribution in [-0.4, -0.2) is 40.4 Å². The van der Waals surface area contributed by atoms with E-state index >= 15 is 0 Å². The van der Waals surface area contributed by atoms with E-state index in [1.165, 1.54) is 6.07 Å². The van der Waals surface area contributed by atoms with E-state index in [1.807, 2.05) is 24.3 Å². The molecule has 0 atom stereocenters. The molecule has 1 amide bonds. The van der Waals surface area contributed by atoms with Crippen molar-refractivity contribution in [3.05, 3.63) is 69.5 Å². The third-order valence-electron chi connectivity index (χ3n) is 3.90. The van der Waals surface area contributed by atoms with E-state index in [2.05, 4.69) is 20.0 Å². The number of carbonyl (C=O) groups excluding carboxylic acids is 2.